The van der Waals surface area contributed by atoms with Crippen molar-refractivity contribution >= 4 is 17.6 Å². The van der Waals surface area contributed by atoms with Crippen LogP contribution in [0.15, 0.2) is 48.5 Å². The lowest BCUT2D eigenvalue weighted by Gasteiger charge is -2.12. The van der Waals surface area contributed by atoms with E-state index in [0.29, 0.717) is 29.4 Å². The molecular weight excluding hydrogens is 350 g/mol. The van der Waals surface area contributed by atoms with Crippen LogP contribution in [0.3, 0.4) is 0 Å². The van der Waals surface area contributed by atoms with Gasteiger partial charge in [0.05, 0.1) is 6.10 Å². The monoisotopic (exact) mass is 371 g/mol. The Morgan fingerprint density at radius 1 is 1.11 bits per heavy atom. The van der Waals surface area contributed by atoms with Gasteiger partial charge in [0.25, 0.3) is 5.91 Å². The maximum atomic E-state index is 12.4. The summed E-state index contributed by atoms with van der Waals surface area (Å²) in [6.45, 7) is 0.856. The molecular formula is C20H21NO6. The van der Waals surface area contributed by atoms with Crippen LogP contribution in [0, 0.1) is 0 Å². The first kappa shape index (κ1) is 18.7. The number of rotatable bonds is 8. The number of carbonyl (C=O) groups excluding carboxylic acids is 1. The lowest BCUT2D eigenvalue weighted by Crippen LogP contribution is -2.16. The van der Waals surface area contributed by atoms with Gasteiger partial charge >= 0.3 is 5.97 Å². The molecule has 27 heavy (non-hydrogen) atoms. The average Bonchev–Trinajstić information content (AvgIpc) is 3.20. The third kappa shape index (κ3) is 5.72. The Labute approximate surface area is 156 Å². The second-order valence-corrected chi connectivity index (χ2v) is 6.13. The standard InChI is InChI=1S/C20H21NO6/c22-19(23)13-27-17-4-1-3-14(11-17)20(24)21-15-6-8-16(9-7-15)26-12-18-5-2-10-25-18/h1,3-4,6-9,11,18H,2,5,10,12-13H2,(H,21,24)(H,22,23). The van der Waals surface area contributed by atoms with Gasteiger partial charge in [-0.1, -0.05) is 6.07 Å². The van der Waals surface area contributed by atoms with Crippen molar-refractivity contribution in [3.8, 4) is 11.5 Å². The van der Waals surface area contributed by atoms with Crippen LogP contribution in [0.1, 0.15) is 23.2 Å². The maximum absolute atomic E-state index is 12.4. The molecule has 0 aromatic heterocycles. The van der Waals surface area contributed by atoms with E-state index < -0.39 is 12.6 Å². The topological polar surface area (TPSA) is 94.1 Å². The molecule has 1 amide bonds. The second kappa shape index (κ2) is 9.05. The normalized spacial score (nSPS) is 15.9. The van der Waals surface area contributed by atoms with Crippen molar-refractivity contribution in [3.05, 3.63) is 54.1 Å². The zero-order valence-corrected chi connectivity index (χ0v) is 14.7. The van der Waals surface area contributed by atoms with Crippen molar-refractivity contribution < 1.29 is 28.9 Å². The molecule has 7 nitrogen and oxygen atoms in total. The molecule has 1 aliphatic rings. The van der Waals surface area contributed by atoms with Gasteiger partial charge in [-0.2, -0.15) is 0 Å². The summed E-state index contributed by atoms with van der Waals surface area (Å²) in [5, 5.41) is 11.4. The average molecular weight is 371 g/mol. The van der Waals surface area contributed by atoms with Gasteiger partial charge in [0, 0.05) is 17.9 Å². The summed E-state index contributed by atoms with van der Waals surface area (Å²) < 4.78 is 16.3. The zero-order valence-electron chi connectivity index (χ0n) is 14.7. The van der Waals surface area contributed by atoms with Crippen LogP contribution >= 0.6 is 0 Å². The second-order valence-electron chi connectivity index (χ2n) is 6.13. The molecule has 1 saturated heterocycles. The van der Waals surface area contributed by atoms with Crippen LogP contribution in [0.25, 0.3) is 0 Å². The van der Waals surface area contributed by atoms with Crippen LogP contribution in [0.4, 0.5) is 5.69 Å². The van der Waals surface area contributed by atoms with E-state index in [1.807, 2.05) is 0 Å². The fourth-order valence-corrected chi connectivity index (χ4v) is 2.67. The number of carbonyl (C=O) groups is 2. The van der Waals surface area contributed by atoms with E-state index in [2.05, 4.69) is 5.32 Å². The molecule has 1 aliphatic heterocycles. The molecule has 0 aliphatic carbocycles. The van der Waals surface area contributed by atoms with Gasteiger partial charge < -0.3 is 24.6 Å². The first-order chi connectivity index (χ1) is 13.1. The fourth-order valence-electron chi connectivity index (χ4n) is 2.67. The van der Waals surface area contributed by atoms with E-state index >= 15 is 0 Å². The summed E-state index contributed by atoms with van der Waals surface area (Å²) in [6.07, 6.45) is 2.24. The fraction of sp³-hybridized carbons (Fsp3) is 0.300. The van der Waals surface area contributed by atoms with Crippen LogP contribution in [-0.4, -0.2) is 42.9 Å². The Kier molecular flexibility index (Phi) is 6.27. The molecule has 3 rings (SSSR count). The highest BCUT2D eigenvalue weighted by molar-refractivity contribution is 6.04. The van der Waals surface area contributed by atoms with Gasteiger partial charge in [-0.25, -0.2) is 4.79 Å². The Bertz CT molecular complexity index is 783. The molecule has 0 radical (unpaired) electrons. The number of amides is 1. The van der Waals surface area contributed by atoms with Gasteiger partial charge in [-0.05, 0) is 55.3 Å². The molecule has 2 aromatic rings. The Morgan fingerprint density at radius 2 is 1.93 bits per heavy atom. The quantitative estimate of drug-likeness (QED) is 0.741. The maximum Gasteiger partial charge on any atom is 0.341 e. The highest BCUT2D eigenvalue weighted by Crippen LogP contribution is 2.20. The molecule has 1 fully saturated rings. The SMILES string of the molecule is O=C(O)COc1cccc(C(=O)Nc2ccc(OCC3CCCO3)cc2)c1. The van der Waals surface area contributed by atoms with E-state index in [0.717, 1.165) is 19.4 Å². The molecule has 0 bridgehead atoms. The van der Waals surface area contributed by atoms with Crippen LogP contribution < -0.4 is 14.8 Å². The lowest BCUT2D eigenvalue weighted by atomic mass is 10.2. The Morgan fingerprint density at radius 3 is 2.63 bits per heavy atom. The number of hydrogen-bond donors (Lipinski definition) is 2. The third-order valence-corrected chi connectivity index (χ3v) is 4.03. The van der Waals surface area contributed by atoms with Gasteiger partial charge in [-0.15, -0.1) is 0 Å². The van der Waals surface area contributed by atoms with Crippen molar-refractivity contribution in [1.82, 2.24) is 0 Å². The minimum absolute atomic E-state index is 0.153. The van der Waals surface area contributed by atoms with E-state index in [4.69, 9.17) is 19.3 Å². The summed E-state index contributed by atoms with van der Waals surface area (Å²) >= 11 is 0. The van der Waals surface area contributed by atoms with E-state index in [1.54, 1.807) is 42.5 Å². The summed E-state index contributed by atoms with van der Waals surface area (Å²) in [4.78, 5) is 22.9. The molecule has 0 spiro atoms. The van der Waals surface area contributed by atoms with E-state index in [-0.39, 0.29) is 12.0 Å². The van der Waals surface area contributed by atoms with Crippen molar-refractivity contribution in [2.75, 3.05) is 25.1 Å². The number of benzene rings is 2. The van der Waals surface area contributed by atoms with Crippen molar-refractivity contribution in [1.29, 1.82) is 0 Å². The Balaban J connectivity index is 1.54. The van der Waals surface area contributed by atoms with E-state index in [1.165, 1.54) is 6.07 Å². The summed E-state index contributed by atoms with van der Waals surface area (Å²) in [7, 11) is 0. The first-order valence-corrected chi connectivity index (χ1v) is 8.70. The highest BCUT2D eigenvalue weighted by Gasteiger charge is 2.16. The molecule has 1 atom stereocenters. The van der Waals surface area contributed by atoms with Gasteiger partial charge in [0.1, 0.15) is 18.1 Å². The summed E-state index contributed by atoms with van der Waals surface area (Å²) in [5.74, 6) is -0.356. The number of ether oxygens (including phenoxy) is 3. The predicted octanol–water partition coefficient (Wildman–Crippen LogP) is 2.96. The van der Waals surface area contributed by atoms with Crippen LogP contribution in [0.5, 0.6) is 11.5 Å². The number of carboxylic acids is 1. The highest BCUT2D eigenvalue weighted by atomic mass is 16.5. The Hall–Kier alpha value is -3.06. The van der Waals surface area contributed by atoms with Gasteiger partial charge in [-0.3, -0.25) is 4.79 Å². The van der Waals surface area contributed by atoms with Crippen molar-refractivity contribution in [3.63, 3.8) is 0 Å². The third-order valence-electron chi connectivity index (χ3n) is 4.03. The number of nitrogens with one attached hydrogen (secondary N) is 1. The molecule has 2 N–H and O–H groups in total. The summed E-state index contributed by atoms with van der Waals surface area (Å²) in [6, 6.07) is 13.4. The lowest BCUT2D eigenvalue weighted by molar-refractivity contribution is -0.139. The van der Waals surface area contributed by atoms with E-state index in [9.17, 15) is 9.59 Å². The van der Waals surface area contributed by atoms with Crippen LogP contribution in [-0.2, 0) is 9.53 Å². The number of aliphatic carboxylic acids is 1. The van der Waals surface area contributed by atoms with Gasteiger partial charge in [0.15, 0.2) is 6.61 Å². The summed E-state index contributed by atoms with van der Waals surface area (Å²) in [5.41, 5.74) is 0.998. The smallest absolute Gasteiger partial charge is 0.341 e. The molecule has 1 unspecified atom stereocenters. The predicted molar refractivity (Wildman–Crippen MR) is 98.4 cm³/mol. The molecule has 142 valence electrons. The molecule has 0 saturated carbocycles. The minimum Gasteiger partial charge on any atom is -0.491 e. The molecule has 2 aromatic carbocycles. The van der Waals surface area contributed by atoms with Crippen LogP contribution in [0.2, 0.25) is 0 Å². The zero-order chi connectivity index (χ0) is 19.1. The first-order valence-electron chi connectivity index (χ1n) is 8.70. The van der Waals surface area contributed by atoms with Crippen molar-refractivity contribution in [2.24, 2.45) is 0 Å². The minimum atomic E-state index is -1.08. The number of hydrogen-bond acceptors (Lipinski definition) is 5. The molecule has 7 heteroatoms. The molecule has 1 heterocycles. The number of anilines is 1. The largest absolute Gasteiger partial charge is 0.491 e. The number of carboxylic acid groups (broad SMARTS) is 1. The van der Waals surface area contributed by atoms with Crippen molar-refractivity contribution in [2.45, 2.75) is 18.9 Å². The van der Waals surface area contributed by atoms with Gasteiger partial charge in [0.2, 0.25) is 0 Å².